The van der Waals surface area contributed by atoms with Crippen molar-refractivity contribution in [2.75, 3.05) is 27.3 Å². The van der Waals surface area contributed by atoms with Crippen LogP contribution in [0.5, 0.6) is 5.75 Å². The lowest BCUT2D eigenvalue weighted by Crippen LogP contribution is -2.36. The summed E-state index contributed by atoms with van der Waals surface area (Å²) in [5, 5.41) is 2.99. The van der Waals surface area contributed by atoms with E-state index in [2.05, 4.69) is 17.0 Å². The molecule has 2 atom stereocenters. The molecule has 1 saturated heterocycles. The van der Waals surface area contributed by atoms with Crippen LogP contribution in [0.4, 0.5) is 0 Å². The van der Waals surface area contributed by atoms with Crippen LogP contribution >= 0.6 is 0 Å². The maximum absolute atomic E-state index is 12.9. The highest BCUT2D eigenvalue weighted by Gasteiger charge is 2.43. The van der Waals surface area contributed by atoms with E-state index in [0.717, 1.165) is 43.4 Å². The van der Waals surface area contributed by atoms with Gasteiger partial charge in [-0.15, -0.1) is 0 Å². The number of nitrogens with one attached hydrogen (secondary N) is 1. The zero-order valence-electron chi connectivity index (χ0n) is 18.3. The molecule has 2 unspecified atom stereocenters. The van der Waals surface area contributed by atoms with Crippen LogP contribution in [0.3, 0.4) is 0 Å². The van der Waals surface area contributed by atoms with Gasteiger partial charge in [0.25, 0.3) is 0 Å². The van der Waals surface area contributed by atoms with E-state index in [0.29, 0.717) is 19.5 Å². The van der Waals surface area contributed by atoms with Gasteiger partial charge in [0, 0.05) is 25.9 Å². The smallest absolute Gasteiger partial charge is 0.305 e. The third-order valence-corrected chi connectivity index (χ3v) is 5.56. The fraction of sp³-hybridized carbons (Fsp3) is 0.609. The van der Waals surface area contributed by atoms with Crippen LogP contribution < -0.4 is 10.1 Å². The van der Waals surface area contributed by atoms with Crippen molar-refractivity contribution in [3.05, 3.63) is 29.8 Å². The van der Waals surface area contributed by atoms with Gasteiger partial charge in [0.15, 0.2) is 0 Å². The summed E-state index contributed by atoms with van der Waals surface area (Å²) >= 11 is 0. The number of rotatable bonds is 12. The molecule has 7 heteroatoms. The van der Waals surface area contributed by atoms with Crippen molar-refractivity contribution in [1.29, 1.82) is 0 Å². The molecule has 1 aromatic carbocycles. The number of unbranched alkanes of at least 4 members (excludes halogenated alkanes) is 3. The summed E-state index contributed by atoms with van der Waals surface area (Å²) in [5.74, 6) is 0.0746. The SMILES string of the molecule is CCCCN1C(=O)CC(C(=O)NCCCCCC(=O)OC)C1c1ccc(OC)cc1. The van der Waals surface area contributed by atoms with Crippen molar-refractivity contribution in [3.8, 4) is 5.75 Å². The number of likely N-dealkylation sites (tertiary alicyclic amines) is 1. The van der Waals surface area contributed by atoms with Gasteiger partial charge in [-0.05, 0) is 37.0 Å². The molecule has 0 spiro atoms. The zero-order chi connectivity index (χ0) is 21.9. The van der Waals surface area contributed by atoms with Gasteiger partial charge in [-0.1, -0.05) is 31.9 Å². The summed E-state index contributed by atoms with van der Waals surface area (Å²) < 4.78 is 9.86. The average molecular weight is 419 g/mol. The highest BCUT2D eigenvalue weighted by Crippen LogP contribution is 2.39. The molecule has 0 saturated carbocycles. The van der Waals surface area contributed by atoms with Crippen LogP contribution in [-0.2, 0) is 19.1 Å². The molecule has 1 N–H and O–H groups in total. The first-order valence-electron chi connectivity index (χ1n) is 10.8. The van der Waals surface area contributed by atoms with Crippen LogP contribution in [0.15, 0.2) is 24.3 Å². The standard InChI is InChI=1S/C23H34N2O5/c1-4-5-15-25-20(26)16-19(22(25)17-10-12-18(29-2)13-11-17)23(28)24-14-8-6-7-9-21(27)30-3/h10-13,19,22H,4-9,14-16H2,1-3H3,(H,24,28). The van der Waals surface area contributed by atoms with Crippen molar-refractivity contribution < 1.29 is 23.9 Å². The van der Waals surface area contributed by atoms with E-state index in [1.807, 2.05) is 29.2 Å². The van der Waals surface area contributed by atoms with Crippen LogP contribution in [-0.4, -0.2) is 50.0 Å². The minimum atomic E-state index is -0.405. The van der Waals surface area contributed by atoms with Crippen LogP contribution in [0, 0.1) is 5.92 Å². The lowest BCUT2D eigenvalue weighted by atomic mass is 9.92. The summed E-state index contributed by atoms with van der Waals surface area (Å²) in [6, 6.07) is 7.36. The molecule has 2 amide bonds. The molecule has 1 aliphatic rings. The maximum Gasteiger partial charge on any atom is 0.305 e. The van der Waals surface area contributed by atoms with Gasteiger partial charge >= 0.3 is 5.97 Å². The topological polar surface area (TPSA) is 84.9 Å². The second-order valence-corrected chi connectivity index (χ2v) is 7.65. The fourth-order valence-corrected chi connectivity index (χ4v) is 3.85. The first-order valence-corrected chi connectivity index (χ1v) is 10.8. The van der Waals surface area contributed by atoms with Gasteiger partial charge in [0.1, 0.15) is 5.75 Å². The summed E-state index contributed by atoms with van der Waals surface area (Å²) in [6.45, 7) is 3.28. The number of carbonyl (C=O) groups excluding carboxylic acids is 3. The van der Waals surface area contributed by atoms with E-state index >= 15 is 0 Å². The van der Waals surface area contributed by atoms with Crippen molar-refractivity contribution >= 4 is 17.8 Å². The van der Waals surface area contributed by atoms with Crippen molar-refractivity contribution in [2.45, 2.75) is 57.9 Å². The Morgan fingerprint density at radius 1 is 1.10 bits per heavy atom. The molecular formula is C23H34N2O5. The molecule has 30 heavy (non-hydrogen) atoms. The van der Waals surface area contributed by atoms with E-state index in [1.165, 1.54) is 7.11 Å². The Kier molecular flexibility index (Phi) is 9.64. The predicted molar refractivity (Wildman–Crippen MR) is 114 cm³/mol. The summed E-state index contributed by atoms with van der Waals surface area (Å²) in [4.78, 5) is 38.6. The Hall–Kier alpha value is -2.57. The molecule has 0 bridgehead atoms. The van der Waals surface area contributed by atoms with E-state index in [9.17, 15) is 14.4 Å². The molecule has 1 fully saturated rings. The van der Waals surface area contributed by atoms with Crippen LogP contribution in [0.25, 0.3) is 0 Å². The molecule has 166 valence electrons. The van der Waals surface area contributed by atoms with Gasteiger partial charge < -0.3 is 19.7 Å². The highest BCUT2D eigenvalue weighted by molar-refractivity contribution is 5.90. The number of methoxy groups -OCH3 is 2. The quantitative estimate of drug-likeness (QED) is 0.416. The van der Waals surface area contributed by atoms with Gasteiger partial charge in [-0.25, -0.2) is 0 Å². The Morgan fingerprint density at radius 2 is 1.83 bits per heavy atom. The number of hydrogen-bond acceptors (Lipinski definition) is 5. The summed E-state index contributed by atoms with van der Waals surface area (Å²) in [7, 11) is 3.00. The number of ether oxygens (including phenoxy) is 2. The maximum atomic E-state index is 12.9. The number of amides is 2. The highest BCUT2D eigenvalue weighted by atomic mass is 16.5. The average Bonchev–Trinajstić information content (AvgIpc) is 3.10. The van der Waals surface area contributed by atoms with Gasteiger partial charge in [0.05, 0.1) is 26.2 Å². The molecular weight excluding hydrogens is 384 g/mol. The Labute approximate surface area is 179 Å². The Morgan fingerprint density at radius 3 is 2.47 bits per heavy atom. The molecule has 0 aliphatic carbocycles. The third kappa shape index (κ3) is 6.47. The van der Waals surface area contributed by atoms with E-state index in [4.69, 9.17) is 4.74 Å². The number of esters is 1. The van der Waals surface area contributed by atoms with Gasteiger partial charge in [0.2, 0.25) is 11.8 Å². The number of hydrogen-bond donors (Lipinski definition) is 1. The molecule has 1 aromatic rings. The Bertz CT molecular complexity index is 704. The van der Waals surface area contributed by atoms with Crippen molar-refractivity contribution in [3.63, 3.8) is 0 Å². The second kappa shape index (κ2) is 12.2. The third-order valence-electron chi connectivity index (χ3n) is 5.56. The van der Waals surface area contributed by atoms with Gasteiger partial charge in [-0.3, -0.25) is 14.4 Å². The summed E-state index contributed by atoms with van der Waals surface area (Å²) in [5.41, 5.74) is 0.955. The van der Waals surface area contributed by atoms with Crippen LogP contribution in [0.2, 0.25) is 0 Å². The number of nitrogens with zero attached hydrogens (tertiary/aromatic N) is 1. The minimum Gasteiger partial charge on any atom is -0.497 e. The Balaban J connectivity index is 1.99. The lowest BCUT2D eigenvalue weighted by molar-refractivity contribution is -0.140. The van der Waals surface area contributed by atoms with E-state index < -0.39 is 5.92 Å². The number of carbonyl (C=O) groups is 3. The minimum absolute atomic E-state index is 0.0301. The van der Waals surface area contributed by atoms with Crippen LogP contribution in [0.1, 0.15) is 63.5 Å². The molecule has 0 radical (unpaired) electrons. The predicted octanol–water partition coefficient (Wildman–Crippen LogP) is 3.23. The molecule has 0 aromatic heterocycles. The molecule has 2 rings (SSSR count). The van der Waals surface area contributed by atoms with E-state index in [1.54, 1.807) is 7.11 Å². The molecule has 1 aliphatic heterocycles. The van der Waals surface area contributed by atoms with Crippen molar-refractivity contribution in [2.24, 2.45) is 5.92 Å². The molecule has 1 heterocycles. The molecule has 7 nitrogen and oxygen atoms in total. The number of benzene rings is 1. The largest absolute Gasteiger partial charge is 0.497 e. The van der Waals surface area contributed by atoms with E-state index in [-0.39, 0.29) is 30.2 Å². The second-order valence-electron chi connectivity index (χ2n) is 7.65. The zero-order valence-corrected chi connectivity index (χ0v) is 18.3. The fourth-order valence-electron chi connectivity index (χ4n) is 3.85. The van der Waals surface area contributed by atoms with Crippen molar-refractivity contribution in [1.82, 2.24) is 10.2 Å². The first kappa shape index (κ1) is 23.7. The van der Waals surface area contributed by atoms with Gasteiger partial charge in [-0.2, -0.15) is 0 Å². The monoisotopic (exact) mass is 418 g/mol. The normalized spacial score (nSPS) is 18.4. The lowest BCUT2D eigenvalue weighted by Gasteiger charge is -2.28. The summed E-state index contributed by atoms with van der Waals surface area (Å²) in [6.07, 6.45) is 4.89. The first-order chi connectivity index (χ1) is 14.5.